The Bertz CT molecular complexity index is 723. The van der Waals surface area contributed by atoms with Crippen molar-refractivity contribution in [1.29, 1.82) is 0 Å². The second kappa shape index (κ2) is 9.96. The molecule has 2 fully saturated rings. The molecule has 2 saturated heterocycles. The molecule has 1 aromatic rings. The quantitative estimate of drug-likeness (QED) is 0.651. The summed E-state index contributed by atoms with van der Waals surface area (Å²) in [5, 5.41) is 0. The van der Waals surface area contributed by atoms with Crippen molar-refractivity contribution in [1.82, 2.24) is 9.80 Å². The zero-order valence-electron chi connectivity index (χ0n) is 17.7. The van der Waals surface area contributed by atoms with E-state index in [1.54, 1.807) is 26.0 Å². The highest BCUT2D eigenvalue weighted by Crippen LogP contribution is 2.37. The maximum Gasteiger partial charge on any atom is 0.328 e. The number of esters is 1. The number of hydrogen-bond acceptors (Lipinski definition) is 6. The molecule has 0 spiro atoms. The summed E-state index contributed by atoms with van der Waals surface area (Å²) in [6.45, 7) is 3.93. The molecule has 0 saturated carbocycles. The van der Waals surface area contributed by atoms with Gasteiger partial charge in [-0.2, -0.15) is 0 Å². The number of methoxy groups -OCH3 is 2. The van der Waals surface area contributed by atoms with Crippen LogP contribution in [0, 0.1) is 0 Å². The number of piperidine rings is 1. The number of amides is 1. The Morgan fingerprint density at radius 3 is 2.55 bits per heavy atom. The van der Waals surface area contributed by atoms with Crippen LogP contribution in [0.4, 0.5) is 0 Å². The van der Waals surface area contributed by atoms with Crippen LogP contribution in [0.5, 0.6) is 11.5 Å². The molecule has 2 atom stereocenters. The van der Waals surface area contributed by atoms with Gasteiger partial charge in [-0.3, -0.25) is 9.69 Å². The third-order valence-corrected chi connectivity index (χ3v) is 5.88. The van der Waals surface area contributed by atoms with Crippen molar-refractivity contribution in [3.63, 3.8) is 0 Å². The van der Waals surface area contributed by atoms with Gasteiger partial charge in [-0.15, -0.1) is 0 Å². The van der Waals surface area contributed by atoms with Crippen LogP contribution in [-0.4, -0.2) is 68.2 Å². The first-order valence-corrected chi connectivity index (χ1v) is 10.5. The Balaban J connectivity index is 1.71. The molecule has 0 aliphatic carbocycles. The Morgan fingerprint density at radius 1 is 1.03 bits per heavy atom. The molecule has 0 unspecified atom stereocenters. The largest absolute Gasteiger partial charge is 0.493 e. The molecule has 0 bridgehead atoms. The lowest BCUT2D eigenvalue weighted by atomic mass is 10.0. The van der Waals surface area contributed by atoms with E-state index in [2.05, 4.69) is 4.90 Å². The first-order valence-electron chi connectivity index (χ1n) is 10.5. The third kappa shape index (κ3) is 4.83. The van der Waals surface area contributed by atoms with Crippen molar-refractivity contribution >= 4 is 11.9 Å². The second-order valence-electron chi connectivity index (χ2n) is 7.59. The van der Waals surface area contributed by atoms with Crippen LogP contribution in [0.15, 0.2) is 18.2 Å². The van der Waals surface area contributed by atoms with E-state index in [0.717, 1.165) is 37.8 Å². The van der Waals surface area contributed by atoms with Gasteiger partial charge in [0.05, 0.1) is 27.4 Å². The van der Waals surface area contributed by atoms with Crippen molar-refractivity contribution in [3.8, 4) is 11.5 Å². The van der Waals surface area contributed by atoms with Crippen LogP contribution in [-0.2, 0) is 14.3 Å². The molecule has 3 rings (SSSR count). The Hall–Kier alpha value is -2.28. The van der Waals surface area contributed by atoms with E-state index in [4.69, 9.17) is 14.2 Å². The first kappa shape index (κ1) is 21.4. The molecule has 0 radical (unpaired) electrons. The number of ether oxygens (including phenoxy) is 3. The Kier molecular flexibility index (Phi) is 7.36. The highest BCUT2D eigenvalue weighted by Gasteiger charge is 2.36. The van der Waals surface area contributed by atoms with Gasteiger partial charge in [0.15, 0.2) is 11.5 Å². The molecule has 2 aliphatic heterocycles. The fourth-order valence-corrected chi connectivity index (χ4v) is 4.43. The number of nitrogens with zero attached hydrogens (tertiary/aromatic N) is 2. The van der Waals surface area contributed by atoms with Gasteiger partial charge in [-0.1, -0.05) is 6.07 Å². The van der Waals surface area contributed by atoms with Crippen LogP contribution in [0.3, 0.4) is 0 Å². The van der Waals surface area contributed by atoms with Crippen molar-refractivity contribution in [2.24, 2.45) is 0 Å². The molecular formula is C22H32N2O5. The van der Waals surface area contributed by atoms with Gasteiger partial charge in [-0.05, 0) is 63.3 Å². The van der Waals surface area contributed by atoms with Crippen LogP contribution >= 0.6 is 0 Å². The predicted molar refractivity (Wildman–Crippen MR) is 109 cm³/mol. The van der Waals surface area contributed by atoms with Gasteiger partial charge in [0.2, 0.25) is 5.91 Å². The van der Waals surface area contributed by atoms with Gasteiger partial charge in [0, 0.05) is 12.6 Å². The lowest BCUT2D eigenvalue weighted by Crippen LogP contribution is -2.51. The minimum absolute atomic E-state index is 0.00938. The van der Waals surface area contributed by atoms with Gasteiger partial charge < -0.3 is 19.1 Å². The SMILES string of the molecule is CCOC(=O)[C@@H]1CCCCN1C(=O)CN1CCC[C@H]1c1ccc(OC)c(OC)c1. The maximum atomic E-state index is 13.1. The summed E-state index contributed by atoms with van der Waals surface area (Å²) in [6, 6.07) is 5.66. The molecule has 29 heavy (non-hydrogen) atoms. The summed E-state index contributed by atoms with van der Waals surface area (Å²) in [6.07, 6.45) is 4.59. The molecule has 0 N–H and O–H groups in total. The topological polar surface area (TPSA) is 68.3 Å². The number of rotatable bonds is 7. The zero-order valence-corrected chi connectivity index (χ0v) is 17.7. The average molecular weight is 405 g/mol. The van der Waals surface area contributed by atoms with Gasteiger partial charge in [-0.25, -0.2) is 4.79 Å². The van der Waals surface area contributed by atoms with E-state index in [1.165, 1.54) is 0 Å². The van der Waals surface area contributed by atoms with Gasteiger partial charge in [0.25, 0.3) is 0 Å². The Labute approximate surface area is 172 Å². The second-order valence-corrected chi connectivity index (χ2v) is 7.59. The summed E-state index contributed by atoms with van der Waals surface area (Å²) in [4.78, 5) is 29.4. The van der Waals surface area contributed by atoms with Crippen molar-refractivity contribution in [2.45, 2.75) is 51.1 Å². The normalized spacial score (nSPS) is 22.4. The molecule has 160 valence electrons. The van der Waals surface area contributed by atoms with Crippen LogP contribution in [0.25, 0.3) is 0 Å². The average Bonchev–Trinajstić information content (AvgIpc) is 3.21. The molecule has 2 heterocycles. The zero-order chi connectivity index (χ0) is 20.8. The van der Waals surface area contributed by atoms with E-state index in [-0.39, 0.29) is 17.9 Å². The minimum atomic E-state index is -0.446. The molecule has 7 heteroatoms. The number of hydrogen-bond donors (Lipinski definition) is 0. The fraction of sp³-hybridized carbons (Fsp3) is 0.636. The van der Waals surface area contributed by atoms with E-state index in [0.29, 0.717) is 37.6 Å². The summed E-state index contributed by atoms with van der Waals surface area (Å²) < 4.78 is 16.0. The molecular weight excluding hydrogens is 372 g/mol. The highest BCUT2D eigenvalue weighted by molar-refractivity contribution is 5.86. The lowest BCUT2D eigenvalue weighted by molar-refractivity contribution is -0.157. The summed E-state index contributed by atoms with van der Waals surface area (Å²) in [5.41, 5.74) is 1.12. The molecule has 0 aromatic heterocycles. The fourth-order valence-electron chi connectivity index (χ4n) is 4.43. The summed E-state index contributed by atoms with van der Waals surface area (Å²) >= 11 is 0. The first-order chi connectivity index (χ1) is 14.1. The number of likely N-dealkylation sites (tertiary alicyclic amines) is 2. The minimum Gasteiger partial charge on any atom is -0.493 e. The lowest BCUT2D eigenvalue weighted by Gasteiger charge is -2.36. The predicted octanol–water partition coefficient (Wildman–Crippen LogP) is 2.78. The van der Waals surface area contributed by atoms with Crippen LogP contribution in [0.1, 0.15) is 50.6 Å². The monoisotopic (exact) mass is 404 g/mol. The van der Waals surface area contributed by atoms with Crippen molar-refractivity contribution < 1.29 is 23.8 Å². The van der Waals surface area contributed by atoms with Crippen molar-refractivity contribution in [2.75, 3.05) is 40.5 Å². The molecule has 2 aliphatic rings. The summed E-state index contributed by atoms with van der Waals surface area (Å²) in [7, 11) is 3.25. The molecule has 7 nitrogen and oxygen atoms in total. The summed E-state index contributed by atoms with van der Waals surface area (Å²) in [5.74, 6) is 1.12. The van der Waals surface area contributed by atoms with E-state index in [9.17, 15) is 9.59 Å². The number of benzene rings is 1. The van der Waals surface area contributed by atoms with E-state index < -0.39 is 6.04 Å². The van der Waals surface area contributed by atoms with Crippen LogP contribution < -0.4 is 9.47 Å². The smallest absolute Gasteiger partial charge is 0.328 e. The molecule has 1 amide bonds. The van der Waals surface area contributed by atoms with Gasteiger partial charge >= 0.3 is 5.97 Å². The standard InChI is InChI=1S/C22H32N2O5/c1-4-29-22(26)18-8-5-6-13-24(18)21(25)15-23-12-7-9-17(23)16-10-11-19(27-2)20(14-16)28-3/h10-11,14,17-18H,4-9,12-13,15H2,1-3H3/t17-,18-/m0/s1. The Morgan fingerprint density at radius 2 is 1.83 bits per heavy atom. The van der Waals surface area contributed by atoms with Gasteiger partial charge in [0.1, 0.15) is 6.04 Å². The van der Waals surface area contributed by atoms with Crippen molar-refractivity contribution in [3.05, 3.63) is 23.8 Å². The number of carbonyl (C=O) groups excluding carboxylic acids is 2. The van der Waals surface area contributed by atoms with E-state index in [1.807, 2.05) is 18.2 Å². The van der Waals surface area contributed by atoms with Crippen LogP contribution in [0.2, 0.25) is 0 Å². The highest BCUT2D eigenvalue weighted by atomic mass is 16.5. The maximum absolute atomic E-state index is 13.1. The number of carbonyl (C=O) groups is 2. The third-order valence-electron chi connectivity index (χ3n) is 5.88. The van der Waals surface area contributed by atoms with E-state index >= 15 is 0 Å². The molecule has 1 aromatic carbocycles.